The Morgan fingerprint density at radius 1 is 1.24 bits per heavy atom. The fraction of sp³-hybridized carbons (Fsp3) is 0.250. The quantitative estimate of drug-likeness (QED) is 0.885. The van der Waals surface area contributed by atoms with Crippen LogP contribution in [-0.4, -0.2) is 18.0 Å². The van der Waals surface area contributed by atoms with E-state index in [1.807, 2.05) is 36.4 Å². The van der Waals surface area contributed by atoms with Crippen molar-refractivity contribution in [1.82, 2.24) is 4.98 Å². The van der Waals surface area contributed by atoms with E-state index in [-0.39, 0.29) is 11.9 Å². The van der Waals surface area contributed by atoms with Crippen LogP contribution in [0.25, 0.3) is 0 Å². The summed E-state index contributed by atoms with van der Waals surface area (Å²) < 4.78 is 5.03. The number of carbonyl (C=O) groups is 1. The molecule has 0 bridgehead atoms. The fourth-order valence-corrected chi connectivity index (χ4v) is 2.01. The molecule has 2 rings (SSSR count). The molecular weight excluding hydrogens is 266 g/mol. The molecule has 5 nitrogen and oxygen atoms in total. The summed E-state index contributed by atoms with van der Waals surface area (Å²) in [6.07, 6.45) is 1.73. The Kier molecular flexibility index (Phi) is 4.77. The Hall–Kier alpha value is -2.56. The van der Waals surface area contributed by atoms with Crippen LogP contribution in [0.4, 0.5) is 11.4 Å². The van der Waals surface area contributed by atoms with Gasteiger partial charge in [0.15, 0.2) is 0 Å². The molecule has 5 heteroatoms. The molecule has 0 fully saturated rings. The van der Waals surface area contributed by atoms with Crippen LogP contribution in [0.15, 0.2) is 42.6 Å². The monoisotopic (exact) mass is 285 g/mol. The van der Waals surface area contributed by atoms with E-state index < -0.39 is 0 Å². The van der Waals surface area contributed by atoms with Crippen LogP contribution in [0.2, 0.25) is 0 Å². The predicted octanol–water partition coefficient (Wildman–Crippen LogP) is 3.22. The van der Waals surface area contributed by atoms with Crippen molar-refractivity contribution < 1.29 is 9.53 Å². The van der Waals surface area contributed by atoms with Gasteiger partial charge < -0.3 is 15.4 Å². The van der Waals surface area contributed by atoms with E-state index in [4.69, 9.17) is 4.74 Å². The first-order valence-electron chi connectivity index (χ1n) is 6.72. The minimum absolute atomic E-state index is 0.0767. The molecule has 110 valence electrons. The third kappa shape index (κ3) is 4.21. The average molecular weight is 285 g/mol. The second-order valence-corrected chi connectivity index (χ2v) is 4.76. The number of hydrogen-bond donors (Lipinski definition) is 2. The Balaban J connectivity index is 2.08. The lowest BCUT2D eigenvalue weighted by Crippen LogP contribution is -2.09. The number of rotatable bonds is 5. The zero-order valence-electron chi connectivity index (χ0n) is 12.4. The van der Waals surface area contributed by atoms with Crippen molar-refractivity contribution >= 4 is 17.3 Å². The van der Waals surface area contributed by atoms with Crippen molar-refractivity contribution in [1.29, 1.82) is 0 Å². The molecular formula is C16H19N3O2. The number of nitrogens with one attached hydrogen (secondary N) is 2. The molecule has 1 aromatic heterocycles. The Morgan fingerprint density at radius 3 is 2.67 bits per heavy atom. The van der Waals surface area contributed by atoms with E-state index in [0.29, 0.717) is 5.88 Å². The van der Waals surface area contributed by atoms with Gasteiger partial charge in [-0.05, 0) is 30.7 Å². The zero-order chi connectivity index (χ0) is 15.2. The van der Waals surface area contributed by atoms with Crippen LogP contribution >= 0.6 is 0 Å². The maximum atomic E-state index is 11.1. The number of anilines is 2. The van der Waals surface area contributed by atoms with Crippen LogP contribution in [0.5, 0.6) is 5.88 Å². The van der Waals surface area contributed by atoms with Gasteiger partial charge in [-0.25, -0.2) is 4.98 Å². The summed E-state index contributed by atoms with van der Waals surface area (Å²) in [6, 6.07) is 11.6. The number of nitrogens with zero attached hydrogens (tertiary/aromatic N) is 1. The van der Waals surface area contributed by atoms with E-state index in [9.17, 15) is 4.79 Å². The summed E-state index contributed by atoms with van der Waals surface area (Å²) in [5.41, 5.74) is 2.78. The molecule has 0 aliphatic heterocycles. The number of benzene rings is 1. The summed E-state index contributed by atoms with van der Waals surface area (Å²) >= 11 is 0. The van der Waals surface area contributed by atoms with Crippen molar-refractivity contribution in [3.63, 3.8) is 0 Å². The van der Waals surface area contributed by atoms with Crippen LogP contribution in [0.3, 0.4) is 0 Å². The average Bonchev–Trinajstić information content (AvgIpc) is 2.47. The van der Waals surface area contributed by atoms with E-state index in [1.165, 1.54) is 6.92 Å². The fourth-order valence-electron chi connectivity index (χ4n) is 2.01. The molecule has 0 saturated carbocycles. The van der Waals surface area contributed by atoms with Crippen molar-refractivity contribution in [2.45, 2.75) is 19.9 Å². The van der Waals surface area contributed by atoms with E-state index >= 15 is 0 Å². The molecule has 0 radical (unpaired) electrons. The lowest BCUT2D eigenvalue weighted by molar-refractivity contribution is -0.114. The molecule has 1 unspecified atom stereocenters. The van der Waals surface area contributed by atoms with Gasteiger partial charge >= 0.3 is 0 Å². The highest BCUT2D eigenvalue weighted by Crippen LogP contribution is 2.22. The third-order valence-corrected chi connectivity index (χ3v) is 3.04. The molecule has 0 saturated heterocycles. The largest absolute Gasteiger partial charge is 0.481 e. The number of amides is 1. The van der Waals surface area contributed by atoms with Crippen LogP contribution < -0.4 is 15.4 Å². The molecule has 1 aromatic carbocycles. The maximum Gasteiger partial charge on any atom is 0.221 e. The second-order valence-electron chi connectivity index (χ2n) is 4.76. The van der Waals surface area contributed by atoms with E-state index in [1.54, 1.807) is 13.3 Å². The van der Waals surface area contributed by atoms with Gasteiger partial charge in [-0.2, -0.15) is 0 Å². The highest BCUT2D eigenvalue weighted by Gasteiger charge is 2.07. The lowest BCUT2D eigenvalue weighted by Gasteiger charge is -2.16. The SMILES string of the molecule is COc1ccc(NC(C)c2cccc(NC(C)=O)c2)cn1. The molecule has 21 heavy (non-hydrogen) atoms. The first-order chi connectivity index (χ1) is 10.1. The first-order valence-corrected chi connectivity index (χ1v) is 6.72. The molecule has 0 spiro atoms. The number of aromatic nitrogens is 1. The summed E-state index contributed by atoms with van der Waals surface area (Å²) in [5.74, 6) is 0.507. The van der Waals surface area contributed by atoms with E-state index in [2.05, 4.69) is 22.5 Å². The Labute approximate surface area is 124 Å². The van der Waals surface area contributed by atoms with Crippen molar-refractivity contribution in [3.05, 3.63) is 48.2 Å². The Morgan fingerprint density at radius 2 is 2.05 bits per heavy atom. The maximum absolute atomic E-state index is 11.1. The van der Waals surface area contributed by atoms with Gasteiger partial charge in [-0.3, -0.25) is 4.79 Å². The van der Waals surface area contributed by atoms with Crippen LogP contribution in [0.1, 0.15) is 25.5 Å². The predicted molar refractivity (Wildman–Crippen MR) is 83.6 cm³/mol. The summed E-state index contributed by atoms with van der Waals surface area (Å²) in [5, 5.41) is 6.14. The molecule has 1 amide bonds. The number of hydrogen-bond acceptors (Lipinski definition) is 4. The van der Waals surface area contributed by atoms with Crippen molar-refractivity contribution in [3.8, 4) is 5.88 Å². The van der Waals surface area contributed by atoms with Gasteiger partial charge in [0.1, 0.15) is 0 Å². The standard InChI is InChI=1S/C16H19N3O2/c1-11(18-15-7-8-16(21-3)17-10-15)13-5-4-6-14(9-13)19-12(2)20/h4-11,18H,1-3H3,(H,19,20). The van der Waals surface area contributed by atoms with Crippen LogP contribution in [0, 0.1) is 0 Å². The summed E-state index contributed by atoms with van der Waals surface area (Å²) in [7, 11) is 1.59. The first kappa shape index (κ1) is 14.8. The molecule has 1 heterocycles. The summed E-state index contributed by atoms with van der Waals surface area (Å²) in [4.78, 5) is 15.3. The molecule has 2 aromatic rings. The lowest BCUT2D eigenvalue weighted by atomic mass is 10.1. The summed E-state index contributed by atoms with van der Waals surface area (Å²) in [6.45, 7) is 3.55. The zero-order valence-corrected chi connectivity index (χ0v) is 12.4. The number of carbonyl (C=O) groups excluding carboxylic acids is 1. The van der Waals surface area contributed by atoms with Crippen molar-refractivity contribution in [2.75, 3.05) is 17.7 Å². The normalized spacial score (nSPS) is 11.6. The highest BCUT2D eigenvalue weighted by molar-refractivity contribution is 5.88. The smallest absolute Gasteiger partial charge is 0.221 e. The van der Waals surface area contributed by atoms with Gasteiger partial charge in [-0.15, -0.1) is 0 Å². The molecule has 0 aliphatic rings. The van der Waals surface area contributed by atoms with Gasteiger partial charge in [0.05, 0.1) is 19.0 Å². The number of methoxy groups -OCH3 is 1. The molecule has 0 aliphatic carbocycles. The second kappa shape index (κ2) is 6.74. The molecule has 1 atom stereocenters. The minimum atomic E-state index is -0.0767. The highest BCUT2D eigenvalue weighted by atomic mass is 16.5. The Bertz CT molecular complexity index is 611. The molecule has 2 N–H and O–H groups in total. The number of pyridine rings is 1. The van der Waals surface area contributed by atoms with Crippen LogP contribution in [-0.2, 0) is 4.79 Å². The topological polar surface area (TPSA) is 63.2 Å². The van der Waals surface area contributed by atoms with Crippen molar-refractivity contribution in [2.24, 2.45) is 0 Å². The third-order valence-electron chi connectivity index (χ3n) is 3.04. The van der Waals surface area contributed by atoms with Gasteiger partial charge in [0, 0.05) is 24.7 Å². The van der Waals surface area contributed by atoms with Gasteiger partial charge in [0.2, 0.25) is 11.8 Å². The van der Waals surface area contributed by atoms with Gasteiger partial charge in [-0.1, -0.05) is 12.1 Å². The number of ether oxygens (including phenoxy) is 1. The van der Waals surface area contributed by atoms with Gasteiger partial charge in [0.25, 0.3) is 0 Å². The van der Waals surface area contributed by atoms with E-state index in [0.717, 1.165) is 16.9 Å². The minimum Gasteiger partial charge on any atom is -0.481 e.